The lowest BCUT2D eigenvalue weighted by atomic mass is 10.1. The molecule has 0 atom stereocenters. The van der Waals surface area contributed by atoms with Crippen molar-refractivity contribution < 1.29 is 9.47 Å². The Hall–Kier alpha value is -2.21. The van der Waals surface area contributed by atoms with E-state index in [2.05, 4.69) is 20.9 Å². The first kappa shape index (κ1) is 22.1. The van der Waals surface area contributed by atoms with Crippen molar-refractivity contribution in [1.82, 2.24) is 14.9 Å². The summed E-state index contributed by atoms with van der Waals surface area (Å²) in [6, 6.07) is 13.6. The number of halogens is 2. The van der Waals surface area contributed by atoms with Crippen LogP contribution in [0.5, 0.6) is 11.5 Å². The van der Waals surface area contributed by atoms with E-state index in [0.717, 1.165) is 53.7 Å². The Morgan fingerprint density at radius 1 is 1.14 bits per heavy atom. The minimum atomic E-state index is 0. The number of hydrogen-bond acceptors (Lipinski definition) is 4. The molecular formula is C21H25Cl2N3O2. The van der Waals surface area contributed by atoms with Crippen LogP contribution in [-0.2, 0) is 19.7 Å². The number of nitrogens with zero attached hydrogens (tertiary/aromatic N) is 2. The Labute approximate surface area is 177 Å². The molecule has 1 N–H and O–H groups in total. The maximum Gasteiger partial charge on any atom is 0.166 e. The monoisotopic (exact) mass is 421 g/mol. The molecule has 0 saturated carbocycles. The van der Waals surface area contributed by atoms with E-state index < -0.39 is 0 Å². The van der Waals surface area contributed by atoms with Crippen LogP contribution in [-0.4, -0.2) is 23.2 Å². The summed E-state index contributed by atoms with van der Waals surface area (Å²) in [7, 11) is 1.66. The van der Waals surface area contributed by atoms with Crippen molar-refractivity contribution in [2.24, 2.45) is 0 Å². The first-order chi connectivity index (χ1) is 13.3. The highest BCUT2D eigenvalue weighted by Gasteiger charge is 2.11. The molecule has 0 fully saturated rings. The third-order valence-electron chi connectivity index (χ3n) is 4.22. The van der Waals surface area contributed by atoms with Crippen LogP contribution in [0.25, 0.3) is 0 Å². The molecular weight excluding hydrogens is 397 g/mol. The Bertz CT molecular complexity index is 824. The Morgan fingerprint density at radius 2 is 1.96 bits per heavy atom. The third-order valence-corrected chi connectivity index (χ3v) is 4.47. The lowest BCUT2D eigenvalue weighted by Crippen LogP contribution is -2.17. The molecule has 2 aromatic carbocycles. The normalized spacial score (nSPS) is 10.4. The van der Waals surface area contributed by atoms with Gasteiger partial charge in [0.05, 0.1) is 13.4 Å². The average molecular weight is 422 g/mol. The van der Waals surface area contributed by atoms with Crippen molar-refractivity contribution in [2.75, 3.05) is 13.7 Å². The van der Waals surface area contributed by atoms with Gasteiger partial charge >= 0.3 is 0 Å². The molecule has 7 heteroatoms. The number of methoxy groups -OCH3 is 1. The van der Waals surface area contributed by atoms with Crippen molar-refractivity contribution in [3.8, 4) is 11.5 Å². The average Bonchev–Trinajstić information content (AvgIpc) is 3.21. The van der Waals surface area contributed by atoms with E-state index in [4.69, 9.17) is 21.1 Å². The van der Waals surface area contributed by atoms with Crippen molar-refractivity contribution in [3.05, 3.63) is 77.3 Å². The SMILES string of the molecule is COc1cccc(CNCCCn2ccnc2)c1OCc1ccc(Cl)cc1.Cl. The molecule has 0 aliphatic carbocycles. The molecule has 0 aliphatic rings. The summed E-state index contributed by atoms with van der Waals surface area (Å²) in [5.41, 5.74) is 2.13. The fourth-order valence-corrected chi connectivity index (χ4v) is 2.92. The van der Waals surface area contributed by atoms with Gasteiger partial charge in [-0.15, -0.1) is 12.4 Å². The molecule has 0 spiro atoms. The molecule has 0 unspecified atom stereocenters. The summed E-state index contributed by atoms with van der Waals surface area (Å²) in [6.07, 6.45) is 6.64. The smallest absolute Gasteiger partial charge is 0.166 e. The van der Waals surface area contributed by atoms with Crippen LogP contribution in [0.2, 0.25) is 5.02 Å². The number of aryl methyl sites for hydroxylation is 1. The van der Waals surface area contributed by atoms with Crippen molar-refractivity contribution in [1.29, 1.82) is 0 Å². The number of rotatable bonds is 10. The topological polar surface area (TPSA) is 48.3 Å². The van der Waals surface area contributed by atoms with Crippen LogP contribution in [0.3, 0.4) is 0 Å². The molecule has 1 aromatic heterocycles. The fraction of sp³-hybridized carbons (Fsp3) is 0.286. The van der Waals surface area contributed by atoms with E-state index in [1.807, 2.05) is 48.9 Å². The second-order valence-electron chi connectivity index (χ2n) is 6.19. The maximum atomic E-state index is 6.08. The minimum absolute atomic E-state index is 0. The van der Waals surface area contributed by atoms with Gasteiger partial charge in [0.2, 0.25) is 0 Å². The lowest BCUT2D eigenvalue weighted by molar-refractivity contribution is 0.280. The molecule has 5 nitrogen and oxygen atoms in total. The zero-order chi connectivity index (χ0) is 18.9. The largest absolute Gasteiger partial charge is 0.493 e. The highest BCUT2D eigenvalue weighted by Crippen LogP contribution is 2.31. The second kappa shape index (κ2) is 11.6. The highest BCUT2D eigenvalue weighted by molar-refractivity contribution is 6.30. The standard InChI is InChI=1S/C21H24ClN3O2.ClH/c1-26-20-5-2-4-18(14-23-10-3-12-25-13-11-24-16-25)21(20)27-15-17-6-8-19(22)9-7-17;/h2,4-9,11,13,16,23H,3,10,12,14-15H2,1H3;1H. The van der Waals surface area contributed by atoms with Gasteiger partial charge < -0.3 is 19.4 Å². The number of hydrogen-bond donors (Lipinski definition) is 1. The number of ether oxygens (including phenoxy) is 2. The zero-order valence-electron chi connectivity index (χ0n) is 15.8. The Kier molecular flexibility index (Phi) is 9.14. The number of benzene rings is 2. The van der Waals surface area contributed by atoms with Gasteiger partial charge in [-0.05, 0) is 36.7 Å². The van der Waals surface area contributed by atoms with Crippen LogP contribution >= 0.6 is 24.0 Å². The molecule has 0 bridgehead atoms. The molecule has 0 amide bonds. The number of nitrogens with one attached hydrogen (secondary N) is 1. The van der Waals surface area contributed by atoms with E-state index in [-0.39, 0.29) is 12.4 Å². The molecule has 1 heterocycles. The predicted molar refractivity (Wildman–Crippen MR) is 115 cm³/mol. The summed E-state index contributed by atoms with van der Waals surface area (Å²) in [5.74, 6) is 1.51. The predicted octanol–water partition coefficient (Wildman–Crippen LogP) is 4.73. The van der Waals surface area contributed by atoms with Gasteiger partial charge in [-0.3, -0.25) is 0 Å². The summed E-state index contributed by atoms with van der Waals surface area (Å²) in [5, 5.41) is 4.19. The number of aromatic nitrogens is 2. The summed E-state index contributed by atoms with van der Waals surface area (Å²) in [6.45, 7) is 3.04. The van der Waals surface area contributed by atoms with Crippen LogP contribution < -0.4 is 14.8 Å². The van der Waals surface area contributed by atoms with E-state index in [9.17, 15) is 0 Å². The third kappa shape index (κ3) is 6.44. The van der Waals surface area contributed by atoms with E-state index in [1.54, 1.807) is 13.3 Å². The number of para-hydroxylation sites is 1. The van der Waals surface area contributed by atoms with Crippen LogP contribution in [0.15, 0.2) is 61.2 Å². The Balaban J connectivity index is 0.00000280. The molecule has 28 heavy (non-hydrogen) atoms. The summed E-state index contributed by atoms with van der Waals surface area (Å²) in [4.78, 5) is 4.05. The van der Waals surface area contributed by atoms with Crippen molar-refractivity contribution in [2.45, 2.75) is 26.1 Å². The van der Waals surface area contributed by atoms with Crippen molar-refractivity contribution in [3.63, 3.8) is 0 Å². The van der Waals surface area contributed by atoms with Crippen LogP contribution in [0, 0.1) is 0 Å². The van der Waals surface area contributed by atoms with Gasteiger partial charge in [0.25, 0.3) is 0 Å². The van der Waals surface area contributed by atoms with E-state index in [0.29, 0.717) is 6.61 Å². The summed E-state index contributed by atoms with van der Waals surface area (Å²) < 4.78 is 13.6. The Morgan fingerprint density at radius 3 is 2.68 bits per heavy atom. The molecule has 3 aromatic rings. The van der Waals surface area contributed by atoms with Crippen LogP contribution in [0.4, 0.5) is 0 Å². The van der Waals surface area contributed by atoms with E-state index >= 15 is 0 Å². The lowest BCUT2D eigenvalue weighted by Gasteiger charge is -2.16. The maximum absolute atomic E-state index is 6.08. The molecule has 0 aliphatic heterocycles. The first-order valence-electron chi connectivity index (χ1n) is 8.96. The van der Waals surface area contributed by atoms with Crippen molar-refractivity contribution >= 4 is 24.0 Å². The van der Waals surface area contributed by atoms with Crippen LogP contribution in [0.1, 0.15) is 17.5 Å². The van der Waals surface area contributed by atoms with Gasteiger partial charge in [-0.25, -0.2) is 4.98 Å². The summed E-state index contributed by atoms with van der Waals surface area (Å²) >= 11 is 5.94. The quantitative estimate of drug-likeness (QED) is 0.480. The highest BCUT2D eigenvalue weighted by atomic mass is 35.5. The van der Waals surface area contributed by atoms with Gasteiger partial charge in [-0.2, -0.15) is 0 Å². The molecule has 3 rings (SSSR count). The first-order valence-corrected chi connectivity index (χ1v) is 9.33. The van der Waals surface area contributed by atoms with Gasteiger partial charge in [-0.1, -0.05) is 35.9 Å². The van der Waals surface area contributed by atoms with E-state index in [1.165, 1.54) is 0 Å². The van der Waals surface area contributed by atoms with Gasteiger partial charge in [0.15, 0.2) is 11.5 Å². The molecule has 150 valence electrons. The molecule has 0 saturated heterocycles. The van der Waals surface area contributed by atoms with Gasteiger partial charge in [0.1, 0.15) is 6.61 Å². The minimum Gasteiger partial charge on any atom is -0.493 e. The molecule has 0 radical (unpaired) electrons. The zero-order valence-corrected chi connectivity index (χ0v) is 17.4. The van der Waals surface area contributed by atoms with Gasteiger partial charge in [0, 0.05) is 36.1 Å². The number of imidazole rings is 1. The second-order valence-corrected chi connectivity index (χ2v) is 6.63. The fourth-order valence-electron chi connectivity index (χ4n) is 2.79.